The Kier molecular flexibility index (Phi) is 3.93. The molecular weight excluding hydrogens is 294 g/mol. The molecule has 1 saturated heterocycles. The number of benzene rings is 1. The summed E-state index contributed by atoms with van der Waals surface area (Å²) in [6.07, 6.45) is 0. The minimum absolute atomic E-state index is 0.290. The number of quaternary nitrogens is 2. The maximum absolute atomic E-state index is 5.54. The molecule has 0 unspecified atom stereocenters. The molecule has 0 bridgehead atoms. The first kappa shape index (κ1) is 14.5. The SMILES string of the molecule is CC[NH+]1CC[NH+](Cc2cc(-c3ccc4c(c3)OCO4)no2)CC1. The molecule has 1 aromatic heterocycles. The lowest BCUT2D eigenvalue weighted by atomic mass is 10.1. The van der Waals surface area contributed by atoms with E-state index in [0.29, 0.717) is 0 Å². The molecule has 122 valence electrons. The molecule has 0 spiro atoms. The lowest BCUT2D eigenvalue weighted by molar-refractivity contribution is -1.02. The number of hydrogen-bond donors (Lipinski definition) is 2. The van der Waals surface area contributed by atoms with Crippen LogP contribution < -0.4 is 19.3 Å². The van der Waals surface area contributed by atoms with Crippen molar-refractivity contribution in [2.45, 2.75) is 13.5 Å². The number of fused-ring (bicyclic) bond motifs is 1. The van der Waals surface area contributed by atoms with Crippen LogP contribution >= 0.6 is 0 Å². The van der Waals surface area contributed by atoms with Gasteiger partial charge in [0.25, 0.3) is 0 Å². The predicted octanol–water partition coefficient (Wildman–Crippen LogP) is -0.626. The zero-order chi connectivity index (χ0) is 15.6. The summed E-state index contributed by atoms with van der Waals surface area (Å²) >= 11 is 0. The second-order valence-electron chi connectivity index (χ2n) is 6.28. The van der Waals surface area contributed by atoms with E-state index in [4.69, 9.17) is 14.0 Å². The third-order valence-corrected chi connectivity index (χ3v) is 4.82. The van der Waals surface area contributed by atoms with Crippen molar-refractivity contribution in [3.8, 4) is 22.8 Å². The lowest BCUT2D eigenvalue weighted by Gasteiger charge is -2.28. The minimum atomic E-state index is 0.290. The van der Waals surface area contributed by atoms with Gasteiger partial charge < -0.3 is 23.8 Å². The van der Waals surface area contributed by atoms with Crippen LogP contribution in [0, 0.1) is 0 Å². The number of nitrogens with zero attached hydrogens (tertiary/aromatic N) is 1. The van der Waals surface area contributed by atoms with Crippen LogP contribution in [-0.2, 0) is 6.54 Å². The lowest BCUT2D eigenvalue weighted by Crippen LogP contribution is -3.27. The Morgan fingerprint density at radius 3 is 2.61 bits per heavy atom. The van der Waals surface area contributed by atoms with Crippen LogP contribution in [0.5, 0.6) is 11.5 Å². The van der Waals surface area contributed by atoms with Gasteiger partial charge in [-0.05, 0) is 25.1 Å². The molecule has 0 amide bonds. The number of nitrogens with one attached hydrogen (secondary N) is 2. The highest BCUT2D eigenvalue weighted by Gasteiger charge is 2.23. The van der Waals surface area contributed by atoms with Gasteiger partial charge in [-0.25, -0.2) is 0 Å². The van der Waals surface area contributed by atoms with Crippen LogP contribution in [0.25, 0.3) is 11.3 Å². The van der Waals surface area contributed by atoms with Crippen molar-refractivity contribution in [1.82, 2.24) is 5.16 Å². The number of hydrogen-bond acceptors (Lipinski definition) is 4. The van der Waals surface area contributed by atoms with Gasteiger partial charge in [-0.3, -0.25) is 0 Å². The monoisotopic (exact) mass is 317 g/mol. The fourth-order valence-electron chi connectivity index (χ4n) is 3.32. The summed E-state index contributed by atoms with van der Waals surface area (Å²) < 4.78 is 16.3. The Morgan fingerprint density at radius 2 is 1.78 bits per heavy atom. The van der Waals surface area contributed by atoms with E-state index in [1.807, 2.05) is 24.3 Å². The van der Waals surface area contributed by atoms with E-state index in [0.717, 1.165) is 35.1 Å². The molecule has 1 fully saturated rings. The molecule has 1 aromatic carbocycles. The molecule has 3 heterocycles. The van der Waals surface area contributed by atoms with Crippen molar-refractivity contribution >= 4 is 0 Å². The largest absolute Gasteiger partial charge is 0.454 e. The molecule has 2 aliphatic heterocycles. The molecule has 6 heteroatoms. The normalized spacial score (nSPS) is 23.2. The van der Waals surface area contributed by atoms with Gasteiger partial charge >= 0.3 is 0 Å². The Bertz CT molecular complexity index is 677. The van der Waals surface area contributed by atoms with E-state index in [1.54, 1.807) is 9.80 Å². The zero-order valence-corrected chi connectivity index (χ0v) is 13.4. The van der Waals surface area contributed by atoms with Crippen LogP contribution in [0.3, 0.4) is 0 Å². The third kappa shape index (κ3) is 3.04. The molecule has 23 heavy (non-hydrogen) atoms. The van der Waals surface area contributed by atoms with E-state index in [2.05, 4.69) is 12.1 Å². The van der Waals surface area contributed by atoms with Crippen LogP contribution in [0.2, 0.25) is 0 Å². The molecular formula is C17H23N3O3+2. The summed E-state index contributed by atoms with van der Waals surface area (Å²) in [7, 11) is 0. The van der Waals surface area contributed by atoms with E-state index < -0.39 is 0 Å². The number of ether oxygens (including phenoxy) is 2. The maximum Gasteiger partial charge on any atom is 0.231 e. The van der Waals surface area contributed by atoms with E-state index in [-0.39, 0.29) is 6.79 Å². The van der Waals surface area contributed by atoms with E-state index >= 15 is 0 Å². The average molecular weight is 317 g/mol. The highest BCUT2D eigenvalue weighted by atomic mass is 16.7. The molecule has 2 N–H and O–H groups in total. The fourth-order valence-corrected chi connectivity index (χ4v) is 3.32. The quantitative estimate of drug-likeness (QED) is 0.789. The number of likely N-dealkylation sites (N-methyl/N-ethyl adjacent to an activating group) is 1. The zero-order valence-electron chi connectivity index (χ0n) is 13.4. The van der Waals surface area contributed by atoms with Gasteiger partial charge in [0.2, 0.25) is 6.79 Å². The maximum atomic E-state index is 5.54. The molecule has 0 radical (unpaired) electrons. The van der Waals surface area contributed by atoms with Crippen LogP contribution in [0.1, 0.15) is 12.7 Å². The summed E-state index contributed by atoms with van der Waals surface area (Å²) in [6, 6.07) is 7.92. The van der Waals surface area contributed by atoms with Gasteiger partial charge in [0.05, 0.1) is 6.54 Å². The third-order valence-electron chi connectivity index (χ3n) is 4.82. The second-order valence-corrected chi connectivity index (χ2v) is 6.28. The Morgan fingerprint density at radius 1 is 1.00 bits per heavy atom. The minimum Gasteiger partial charge on any atom is -0.454 e. The topological polar surface area (TPSA) is 53.4 Å². The first-order valence-electron chi connectivity index (χ1n) is 8.34. The van der Waals surface area contributed by atoms with Crippen LogP contribution in [0.15, 0.2) is 28.8 Å². The van der Waals surface area contributed by atoms with Gasteiger partial charge in [0.1, 0.15) is 38.4 Å². The van der Waals surface area contributed by atoms with E-state index in [1.165, 1.54) is 32.7 Å². The highest BCUT2D eigenvalue weighted by Crippen LogP contribution is 2.35. The molecule has 2 aromatic rings. The van der Waals surface area contributed by atoms with Gasteiger partial charge in [-0.1, -0.05) is 5.16 Å². The standard InChI is InChI=1S/C17H21N3O3/c1-2-19-5-7-20(8-6-19)11-14-10-15(18-23-14)13-3-4-16-17(9-13)22-12-21-16/h3-4,9-10H,2,5-8,11-12H2,1H3/p+2. The summed E-state index contributed by atoms with van der Waals surface area (Å²) in [5.74, 6) is 2.52. The van der Waals surface area contributed by atoms with Gasteiger partial charge in [0.15, 0.2) is 17.3 Å². The Balaban J connectivity index is 1.43. The first-order valence-corrected chi connectivity index (χ1v) is 8.34. The number of aromatic nitrogens is 1. The van der Waals surface area contributed by atoms with Crippen molar-refractivity contribution in [1.29, 1.82) is 0 Å². The van der Waals surface area contributed by atoms with E-state index in [9.17, 15) is 0 Å². The molecule has 0 atom stereocenters. The molecule has 4 rings (SSSR count). The van der Waals surface area contributed by atoms with Gasteiger partial charge in [0, 0.05) is 11.6 Å². The smallest absolute Gasteiger partial charge is 0.231 e. The molecule has 6 nitrogen and oxygen atoms in total. The molecule has 2 aliphatic rings. The van der Waals surface area contributed by atoms with Crippen molar-refractivity contribution in [3.63, 3.8) is 0 Å². The summed E-state index contributed by atoms with van der Waals surface area (Å²) in [5.41, 5.74) is 1.86. The molecule has 0 saturated carbocycles. The number of rotatable bonds is 4. The average Bonchev–Trinajstić information content (AvgIpc) is 3.23. The van der Waals surface area contributed by atoms with Gasteiger partial charge in [-0.15, -0.1) is 0 Å². The fraction of sp³-hybridized carbons (Fsp3) is 0.471. The van der Waals surface area contributed by atoms with Crippen molar-refractivity contribution in [2.75, 3.05) is 39.5 Å². The van der Waals surface area contributed by atoms with Crippen LogP contribution in [0.4, 0.5) is 0 Å². The summed E-state index contributed by atoms with van der Waals surface area (Å²) in [5, 5.41) is 4.22. The Hall–Kier alpha value is -2.05. The number of piperazine rings is 1. The summed E-state index contributed by atoms with van der Waals surface area (Å²) in [4.78, 5) is 3.28. The van der Waals surface area contributed by atoms with Crippen molar-refractivity contribution in [2.24, 2.45) is 0 Å². The van der Waals surface area contributed by atoms with Crippen LogP contribution in [-0.4, -0.2) is 44.7 Å². The van der Waals surface area contributed by atoms with Crippen molar-refractivity contribution in [3.05, 3.63) is 30.0 Å². The predicted molar refractivity (Wildman–Crippen MR) is 83.7 cm³/mol. The molecule has 0 aliphatic carbocycles. The second kappa shape index (κ2) is 6.22. The first-order chi connectivity index (χ1) is 11.3. The Labute approximate surface area is 135 Å². The highest BCUT2D eigenvalue weighted by molar-refractivity contribution is 5.64. The summed E-state index contributed by atoms with van der Waals surface area (Å²) in [6.45, 7) is 9.57. The van der Waals surface area contributed by atoms with Crippen molar-refractivity contribution < 1.29 is 23.8 Å². The van der Waals surface area contributed by atoms with Gasteiger partial charge in [-0.2, -0.15) is 0 Å².